The molecule has 3 N–H and O–H groups in total. The number of hydrogen-bond donors (Lipinski definition) is 3. The number of aromatic nitrogens is 4. The molecule has 0 radical (unpaired) electrons. The molecule has 0 aliphatic rings. The molecule has 23 heavy (non-hydrogen) atoms. The van der Waals surface area contributed by atoms with Gasteiger partial charge in [-0.25, -0.2) is 4.98 Å². The van der Waals surface area contributed by atoms with Gasteiger partial charge in [-0.1, -0.05) is 18.2 Å². The highest BCUT2D eigenvalue weighted by Crippen LogP contribution is 2.15. The number of carbonyl (C=O) groups is 1. The Morgan fingerprint density at radius 2 is 2.04 bits per heavy atom. The van der Waals surface area contributed by atoms with Crippen LogP contribution in [0, 0.1) is 0 Å². The number of nitrogens with one attached hydrogen (secondary N) is 3. The first-order chi connectivity index (χ1) is 11.2. The molecule has 2 heterocycles. The molecule has 0 fully saturated rings. The van der Waals surface area contributed by atoms with E-state index in [1.807, 2.05) is 12.1 Å². The van der Waals surface area contributed by atoms with Crippen LogP contribution in [0.2, 0.25) is 0 Å². The first kappa shape index (κ1) is 14.7. The third-order valence-corrected chi connectivity index (χ3v) is 3.32. The highest BCUT2D eigenvalue weighted by atomic mass is 16.1. The number of H-pyrrole nitrogens is 2. The van der Waals surface area contributed by atoms with Gasteiger partial charge in [-0.15, -0.1) is 0 Å². The van der Waals surface area contributed by atoms with Crippen molar-refractivity contribution in [2.24, 2.45) is 0 Å². The van der Waals surface area contributed by atoms with Gasteiger partial charge in [0, 0.05) is 35.9 Å². The minimum Gasteiger partial charge on any atom is -0.352 e. The van der Waals surface area contributed by atoms with Gasteiger partial charge in [0.15, 0.2) is 5.82 Å². The van der Waals surface area contributed by atoms with E-state index >= 15 is 0 Å². The van der Waals surface area contributed by atoms with Crippen LogP contribution in [0.4, 0.5) is 0 Å². The zero-order chi connectivity index (χ0) is 16.1. The Bertz CT molecular complexity index is 855. The zero-order valence-corrected chi connectivity index (χ0v) is 12.2. The van der Waals surface area contributed by atoms with Crippen LogP contribution >= 0.6 is 0 Å². The molecule has 0 unspecified atom stereocenters. The topological polar surface area (TPSA) is 104 Å². The summed E-state index contributed by atoms with van der Waals surface area (Å²) in [5.74, 6) is 0.436. The number of benzene rings is 1. The molecular weight excluding hydrogens is 294 g/mol. The first-order valence-corrected chi connectivity index (χ1v) is 7.14. The number of rotatable bonds is 5. The second-order valence-electron chi connectivity index (χ2n) is 4.96. The maximum Gasteiger partial charge on any atom is 0.251 e. The van der Waals surface area contributed by atoms with E-state index < -0.39 is 0 Å². The molecule has 116 valence electrons. The number of amides is 1. The van der Waals surface area contributed by atoms with Crippen molar-refractivity contribution in [3.05, 3.63) is 70.4 Å². The van der Waals surface area contributed by atoms with Crippen molar-refractivity contribution in [3.63, 3.8) is 0 Å². The van der Waals surface area contributed by atoms with E-state index in [-0.39, 0.29) is 11.5 Å². The molecule has 7 heteroatoms. The largest absolute Gasteiger partial charge is 0.352 e. The van der Waals surface area contributed by atoms with E-state index in [2.05, 4.69) is 25.5 Å². The second-order valence-corrected chi connectivity index (χ2v) is 4.96. The SMILES string of the molecule is O=C(NCCc1cccc(=O)[nH]1)c1cccc(-c2ncn[nH]2)c1. The van der Waals surface area contributed by atoms with Crippen LogP contribution in [0.25, 0.3) is 11.4 Å². The predicted octanol–water partition coefficient (Wildman–Crippen LogP) is 1.13. The molecular formula is C16H15N5O2. The summed E-state index contributed by atoms with van der Waals surface area (Å²) in [7, 11) is 0. The van der Waals surface area contributed by atoms with Gasteiger partial charge in [-0.05, 0) is 18.2 Å². The molecule has 3 aromatic rings. The number of nitrogens with zero attached hydrogens (tertiary/aromatic N) is 2. The lowest BCUT2D eigenvalue weighted by Gasteiger charge is -2.06. The van der Waals surface area contributed by atoms with E-state index in [0.717, 1.165) is 11.3 Å². The summed E-state index contributed by atoms with van der Waals surface area (Å²) in [6, 6.07) is 12.1. The average Bonchev–Trinajstić information content (AvgIpc) is 3.09. The van der Waals surface area contributed by atoms with Gasteiger partial charge in [0.2, 0.25) is 5.56 Å². The fourth-order valence-corrected chi connectivity index (χ4v) is 2.20. The Balaban J connectivity index is 1.62. The van der Waals surface area contributed by atoms with Gasteiger partial charge >= 0.3 is 0 Å². The van der Waals surface area contributed by atoms with Crippen LogP contribution in [0.5, 0.6) is 0 Å². The Morgan fingerprint density at radius 3 is 2.83 bits per heavy atom. The maximum atomic E-state index is 12.2. The quantitative estimate of drug-likeness (QED) is 0.657. The Hall–Kier alpha value is -3.22. The molecule has 0 spiro atoms. The molecule has 1 aromatic carbocycles. The van der Waals surface area contributed by atoms with Crippen molar-refractivity contribution in [3.8, 4) is 11.4 Å². The van der Waals surface area contributed by atoms with Crippen LogP contribution in [-0.2, 0) is 6.42 Å². The minimum atomic E-state index is -0.176. The Kier molecular flexibility index (Phi) is 4.28. The molecule has 2 aromatic heterocycles. The Morgan fingerprint density at radius 1 is 1.17 bits per heavy atom. The zero-order valence-electron chi connectivity index (χ0n) is 12.2. The van der Waals surface area contributed by atoms with Crippen LogP contribution in [-0.4, -0.2) is 32.6 Å². The molecule has 0 bridgehead atoms. The normalized spacial score (nSPS) is 10.4. The van der Waals surface area contributed by atoms with Gasteiger partial charge in [0.25, 0.3) is 5.91 Å². The summed E-state index contributed by atoms with van der Waals surface area (Å²) < 4.78 is 0. The summed E-state index contributed by atoms with van der Waals surface area (Å²) in [5.41, 5.74) is 1.98. The highest BCUT2D eigenvalue weighted by Gasteiger charge is 2.08. The van der Waals surface area contributed by atoms with Gasteiger partial charge in [0.05, 0.1) is 0 Å². The second kappa shape index (κ2) is 6.69. The van der Waals surface area contributed by atoms with Crippen LogP contribution in [0.15, 0.2) is 53.6 Å². The lowest BCUT2D eigenvalue weighted by molar-refractivity contribution is 0.0954. The monoisotopic (exact) mass is 309 g/mol. The third kappa shape index (κ3) is 3.70. The van der Waals surface area contributed by atoms with Crippen molar-refractivity contribution in [2.75, 3.05) is 6.54 Å². The lowest BCUT2D eigenvalue weighted by atomic mass is 10.1. The van der Waals surface area contributed by atoms with Crippen molar-refractivity contribution in [1.82, 2.24) is 25.5 Å². The van der Waals surface area contributed by atoms with Crippen molar-refractivity contribution in [1.29, 1.82) is 0 Å². The first-order valence-electron chi connectivity index (χ1n) is 7.14. The molecule has 3 rings (SSSR count). The third-order valence-electron chi connectivity index (χ3n) is 3.32. The maximum absolute atomic E-state index is 12.2. The van der Waals surface area contributed by atoms with Crippen molar-refractivity contribution < 1.29 is 4.79 Å². The molecule has 0 aliphatic heterocycles. The number of hydrogen-bond acceptors (Lipinski definition) is 4. The van der Waals surface area contributed by atoms with Gasteiger partial charge in [-0.3, -0.25) is 14.7 Å². The fraction of sp³-hybridized carbons (Fsp3) is 0.125. The van der Waals surface area contributed by atoms with E-state index in [1.165, 1.54) is 12.4 Å². The van der Waals surface area contributed by atoms with Crippen LogP contribution < -0.4 is 10.9 Å². The van der Waals surface area contributed by atoms with Crippen LogP contribution in [0.3, 0.4) is 0 Å². The Labute approximate surface area is 131 Å². The van der Waals surface area contributed by atoms with Gasteiger partial charge in [-0.2, -0.15) is 5.10 Å². The number of aromatic amines is 2. The molecule has 7 nitrogen and oxygen atoms in total. The standard InChI is InChI=1S/C16H15N5O2/c22-14-6-2-5-13(20-14)7-8-17-16(23)12-4-1-3-11(9-12)15-18-10-19-21-15/h1-6,9-10H,7-8H2,(H,17,23)(H,20,22)(H,18,19,21). The molecule has 0 aliphatic carbocycles. The predicted molar refractivity (Wildman–Crippen MR) is 84.9 cm³/mol. The molecule has 0 atom stereocenters. The average molecular weight is 309 g/mol. The van der Waals surface area contributed by atoms with E-state index in [0.29, 0.717) is 24.4 Å². The minimum absolute atomic E-state index is 0.145. The summed E-state index contributed by atoms with van der Waals surface area (Å²) in [5, 5.41) is 9.39. The summed E-state index contributed by atoms with van der Waals surface area (Å²) in [4.78, 5) is 30.2. The van der Waals surface area contributed by atoms with Crippen molar-refractivity contribution in [2.45, 2.75) is 6.42 Å². The summed E-state index contributed by atoms with van der Waals surface area (Å²) in [6.07, 6.45) is 1.98. The molecule has 1 amide bonds. The highest BCUT2D eigenvalue weighted by molar-refractivity contribution is 5.95. The molecule has 0 saturated heterocycles. The lowest BCUT2D eigenvalue weighted by Crippen LogP contribution is -2.26. The summed E-state index contributed by atoms with van der Waals surface area (Å²) >= 11 is 0. The van der Waals surface area contributed by atoms with E-state index in [4.69, 9.17) is 0 Å². The number of pyridine rings is 1. The fourth-order valence-electron chi connectivity index (χ4n) is 2.20. The van der Waals surface area contributed by atoms with E-state index in [1.54, 1.807) is 24.3 Å². The van der Waals surface area contributed by atoms with Crippen molar-refractivity contribution >= 4 is 5.91 Å². The smallest absolute Gasteiger partial charge is 0.251 e. The summed E-state index contributed by atoms with van der Waals surface area (Å²) in [6.45, 7) is 0.436. The molecule has 0 saturated carbocycles. The van der Waals surface area contributed by atoms with Gasteiger partial charge < -0.3 is 10.3 Å². The van der Waals surface area contributed by atoms with Gasteiger partial charge in [0.1, 0.15) is 6.33 Å². The van der Waals surface area contributed by atoms with Crippen LogP contribution in [0.1, 0.15) is 16.1 Å². The number of carbonyl (C=O) groups excluding carboxylic acids is 1. The van der Waals surface area contributed by atoms with E-state index in [9.17, 15) is 9.59 Å².